The van der Waals surface area contributed by atoms with Gasteiger partial charge >= 0.3 is 0 Å². The molecule has 3 aromatic rings. The summed E-state index contributed by atoms with van der Waals surface area (Å²) in [6, 6.07) is 11.6. The quantitative estimate of drug-likeness (QED) is 0.639. The molecule has 6 nitrogen and oxygen atoms in total. The summed E-state index contributed by atoms with van der Waals surface area (Å²) in [6.45, 7) is 7.47. The molecule has 1 aliphatic heterocycles. The van der Waals surface area contributed by atoms with Crippen molar-refractivity contribution in [1.29, 1.82) is 0 Å². The number of carbonyl (C=O) groups is 2. The molecule has 1 atom stereocenters. The van der Waals surface area contributed by atoms with Gasteiger partial charge in [-0.3, -0.25) is 14.5 Å². The molecule has 0 saturated carbocycles. The van der Waals surface area contributed by atoms with Gasteiger partial charge in [-0.2, -0.15) is 0 Å². The summed E-state index contributed by atoms with van der Waals surface area (Å²) in [5.74, 6) is -0.197. The average molecular weight is 425 g/mol. The molecular formula is C23H28N4O2S. The Labute approximate surface area is 180 Å². The van der Waals surface area contributed by atoms with Gasteiger partial charge < -0.3 is 15.2 Å². The molecule has 7 heteroatoms. The van der Waals surface area contributed by atoms with Crippen molar-refractivity contribution in [2.24, 2.45) is 0 Å². The number of nitrogens with zero attached hydrogens (tertiary/aromatic N) is 2. The summed E-state index contributed by atoms with van der Waals surface area (Å²) in [5.41, 5.74) is 2.07. The van der Waals surface area contributed by atoms with Crippen molar-refractivity contribution in [2.45, 2.75) is 32.4 Å². The number of aromatic nitrogens is 1. The van der Waals surface area contributed by atoms with E-state index >= 15 is 0 Å². The van der Waals surface area contributed by atoms with Crippen molar-refractivity contribution in [3.8, 4) is 0 Å². The Balaban J connectivity index is 1.54. The largest absolute Gasteiger partial charge is 0.361 e. The van der Waals surface area contributed by atoms with E-state index in [1.54, 1.807) is 6.07 Å². The van der Waals surface area contributed by atoms with Crippen molar-refractivity contribution in [3.63, 3.8) is 0 Å². The van der Waals surface area contributed by atoms with E-state index in [2.05, 4.69) is 29.0 Å². The van der Waals surface area contributed by atoms with E-state index in [9.17, 15) is 9.59 Å². The summed E-state index contributed by atoms with van der Waals surface area (Å²) in [6.07, 6.45) is 2.41. The van der Waals surface area contributed by atoms with Crippen LogP contribution in [-0.4, -0.2) is 64.9 Å². The highest BCUT2D eigenvalue weighted by molar-refractivity contribution is 7.12. The topological polar surface area (TPSA) is 68.4 Å². The highest BCUT2D eigenvalue weighted by Gasteiger charge is 2.30. The molecule has 30 heavy (non-hydrogen) atoms. The first-order chi connectivity index (χ1) is 14.5. The first kappa shape index (κ1) is 20.6. The molecule has 0 spiro atoms. The standard InChI is InChI=1S/C23H28N4O2S/c1-16(2)26-9-11-27(12-10-26)23(29)20(25-22(28)21-8-5-13-30-21)14-17-15-24-19-7-4-3-6-18(17)19/h3-8,13,15-16,20,24H,9-12,14H2,1-2H3,(H,25,28). The third-order valence-electron chi connectivity index (χ3n) is 5.80. The van der Waals surface area contributed by atoms with Gasteiger partial charge in [0.1, 0.15) is 6.04 Å². The Bertz CT molecular complexity index is 1000. The van der Waals surface area contributed by atoms with Gasteiger partial charge in [-0.25, -0.2) is 0 Å². The second-order valence-electron chi connectivity index (χ2n) is 8.02. The fraction of sp³-hybridized carbons (Fsp3) is 0.391. The van der Waals surface area contributed by atoms with Crippen LogP contribution in [0.1, 0.15) is 29.1 Å². The summed E-state index contributed by atoms with van der Waals surface area (Å²) in [4.78, 5) is 34.3. The van der Waals surface area contributed by atoms with E-state index in [0.717, 1.165) is 29.6 Å². The maximum absolute atomic E-state index is 13.4. The zero-order chi connectivity index (χ0) is 21.1. The number of nitrogens with one attached hydrogen (secondary N) is 2. The third kappa shape index (κ3) is 4.42. The van der Waals surface area contributed by atoms with Crippen LogP contribution in [0.2, 0.25) is 0 Å². The number of piperazine rings is 1. The summed E-state index contributed by atoms with van der Waals surface area (Å²) in [7, 11) is 0. The molecule has 1 aromatic carbocycles. The number of para-hydroxylation sites is 1. The number of amides is 2. The van der Waals surface area contributed by atoms with Crippen molar-refractivity contribution in [2.75, 3.05) is 26.2 Å². The van der Waals surface area contributed by atoms with Gasteiger partial charge in [-0.1, -0.05) is 24.3 Å². The number of fused-ring (bicyclic) bond motifs is 1. The summed E-state index contributed by atoms with van der Waals surface area (Å²) in [5, 5.41) is 5.97. The predicted molar refractivity (Wildman–Crippen MR) is 121 cm³/mol. The number of hydrogen-bond donors (Lipinski definition) is 2. The fourth-order valence-corrected chi connectivity index (χ4v) is 4.66. The van der Waals surface area contributed by atoms with E-state index in [1.807, 2.05) is 46.8 Å². The second-order valence-corrected chi connectivity index (χ2v) is 8.97. The molecule has 0 aliphatic carbocycles. The molecule has 0 radical (unpaired) electrons. The van der Waals surface area contributed by atoms with Crippen molar-refractivity contribution in [3.05, 3.63) is 58.4 Å². The minimum Gasteiger partial charge on any atom is -0.361 e. The number of carbonyl (C=O) groups excluding carboxylic acids is 2. The van der Waals surface area contributed by atoms with Gasteiger partial charge in [0, 0.05) is 55.7 Å². The number of hydrogen-bond acceptors (Lipinski definition) is 4. The highest BCUT2D eigenvalue weighted by Crippen LogP contribution is 2.20. The number of thiophene rings is 1. The molecule has 2 amide bonds. The number of rotatable bonds is 6. The molecule has 0 bridgehead atoms. The molecule has 1 unspecified atom stereocenters. The second kappa shape index (κ2) is 9.02. The van der Waals surface area contributed by atoms with Gasteiger partial charge in [-0.15, -0.1) is 11.3 Å². The Hall–Kier alpha value is -2.64. The first-order valence-electron chi connectivity index (χ1n) is 10.4. The molecule has 2 aromatic heterocycles. The van der Waals surface area contributed by atoms with Gasteiger partial charge in [0.15, 0.2) is 0 Å². The molecule has 158 valence electrons. The van der Waals surface area contributed by atoms with E-state index in [-0.39, 0.29) is 11.8 Å². The predicted octanol–water partition coefficient (Wildman–Crippen LogP) is 3.12. The van der Waals surface area contributed by atoms with E-state index in [0.29, 0.717) is 30.4 Å². The summed E-state index contributed by atoms with van der Waals surface area (Å²) >= 11 is 1.38. The number of H-pyrrole nitrogens is 1. The Morgan fingerprint density at radius 1 is 1.10 bits per heavy atom. The lowest BCUT2D eigenvalue weighted by atomic mass is 10.0. The van der Waals surface area contributed by atoms with Gasteiger partial charge in [0.05, 0.1) is 4.88 Å². The van der Waals surface area contributed by atoms with Crippen LogP contribution in [0.4, 0.5) is 0 Å². The van der Waals surface area contributed by atoms with E-state index in [4.69, 9.17) is 0 Å². The number of benzene rings is 1. The normalized spacial score (nSPS) is 16.2. The third-order valence-corrected chi connectivity index (χ3v) is 6.67. The van der Waals surface area contributed by atoms with Crippen LogP contribution >= 0.6 is 11.3 Å². The zero-order valence-electron chi connectivity index (χ0n) is 17.4. The Kier molecular flexibility index (Phi) is 6.20. The zero-order valence-corrected chi connectivity index (χ0v) is 18.2. The lowest BCUT2D eigenvalue weighted by Gasteiger charge is -2.38. The smallest absolute Gasteiger partial charge is 0.262 e. The van der Waals surface area contributed by atoms with E-state index < -0.39 is 6.04 Å². The maximum atomic E-state index is 13.4. The molecule has 2 N–H and O–H groups in total. The van der Waals surface area contributed by atoms with Crippen molar-refractivity contribution >= 4 is 34.1 Å². The molecule has 1 fully saturated rings. The minimum absolute atomic E-state index is 0.00593. The van der Waals surface area contributed by atoms with Gasteiger partial charge in [-0.05, 0) is 36.9 Å². The van der Waals surface area contributed by atoms with Crippen LogP contribution in [-0.2, 0) is 11.2 Å². The van der Waals surface area contributed by atoms with E-state index in [1.165, 1.54) is 11.3 Å². The molecule has 4 rings (SSSR count). The van der Waals surface area contributed by atoms with Gasteiger partial charge in [0.2, 0.25) is 5.91 Å². The van der Waals surface area contributed by atoms with Crippen LogP contribution < -0.4 is 5.32 Å². The lowest BCUT2D eigenvalue weighted by Crippen LogP contribution is -2.56. The average Bonchev–Trinajstić information content (AvgIpc) is 3.43. The minimum atomic E-state index is -0.593. The highest BCUT2D eigenvalue weighted by atomic mass is 32.1. The Morgan fingerprint density at radius 3 is 2.57 bits per heavy atom. The Morgan fingerprint density at radius 2 is 1.87 bits per heavy atom. The van der Waals surface area contributed by atoms with Crippen LogP contribution in [0.25, 0.3) is 10.9 Å². The van der Waals surface area contributed by atoms with Crippen molar-refractivity contribution in [1.82, 2.24) is 20.1 Å². The molecule has 3 heterocycles. The lowest BCUT2D eigenvalue weighted by molar-refractivity contribution is -0.135. The van der Waals surface area contributed by atoms with Crippen LogP contribution in [0, 0.1) is 0 Å². The molecular weight excluding hydrogens is 396 g/mol. The van der Waals surface area contributed by atoms with Gasteiger partial charge in [0.25, 0.3) is 5.91 Å². The first-order valence-corrected chi connectivity index (χ1v) is 11.3. The van der Waals surface area contributed by atoms with Crippen molar-refractivity contribution < 1.29 is 9.59 Å². The molecule has 1 aliphatic rings. The monoisotopic (exact) mass is 424 g/mol. The summed E-state index contributed by atoms with van der Waals surface area (Å²) < 4.78 is 0. The number of aromatic amines is 1. The SMILES string of the molecule is CC(C)N1CCN(C(=O)C(Cc2c[nH]c3ccccc23)NC(=O)c2cccs2)CC1. The molecule has 1 saturated heterocycles. The van der Waals surface area contributed by atoms with Crippen LogP contribution in [0.5, 0.6) is 0 Å². The fourth-order valence-electron chi connectivity index (χ4n) is 4.04. The van der Waals surface area contributed by atoms with Crippen LogP contribution in [0.15, 0.2) is 48.0 Å². The van der Waals surface area contributed by atoms with Crippen LogP contribution in [0.3, 0.4) is 0 Å². The maximum Gasteiger partial charge on any atom is 0.262 e.